The highest BCUT2D eigenvalue weighted by Gasteiger charge is 2.34. The molecular formula is C16H13Cl2NO. The van der Waals surface area contributed by atoms with Gasteiger partial charge in [0.2, 0.25) is 5.91 Å². The Kier molecular flexibility index (Phi) is 3.68. The highest BCUT2D eigenvalue weighted by Crippen LogP contribution is 2.29. The average molecular weight is 306 g/mol. The van der Waals surface area contributed by atoms with Gasteiger partial charge in [0.15, 0.2) is 0 Å². The molecule has 1 aliphatic carbocycles. The Morgan fingerprint density at radius 3 is 2.65 bits per heavy atom. The van der Waals surface area contributed by atoms with Gasteiger partial charge in [-0.15, -0.1) is 0 Å². The van der Waals surface area contributed by atoms with Crippen LogP contribution < -0.4 is 0 Å². The molecule has 0 N–H and O–H groups in total. The molecule has 3 rings (SSSR count). The van der Waals surface area contributed by atoms with Crippen LogP contribution in [-0.4, -0.2) is 17.4 Å². The molecule has 0 radical (unpaired) electrons. The molecule has 1 fully saturated rings. The van der Waals surface area contributed by atoms with E-state index in [2.05, 4.69) is 0 Å². The van der Waals surface area contributed by atoms with Crippen LogP contribution in [0.25, 0.3) is 0 Å². The van der Waals surface area contributed by atoms with Crippen molar-refractivity contribution in [3.05, 3.63) is 69.8 Å². The van der Waals surface area contributed by atoms with Gasteiger partial charge in [-0.2, -0.15) is 0 Å². The normalized spacial score (nSPS) is 21.4. The standard InChI is InChI=1S/C16H13Cl2NO/c17-13-4-1-11(2-5-13)9-19-10-12-3-6-14(18)7-8-15(12)16(19)20/h1-8,15H,9-10H2/t15-/m0/s1. The average Bonchev–Trinajstić information content (AvgIpc) is 2.60. The lowest BCUT2D eigenvalue weighted by atomic mass is 10.0. The Hall–Kier alpha value is -1.51. The molecule has 1 heterocycles. The van der Waals surface area contributed by atoms with Gasteiger partial charge in [0.1, 0.15) is 0 Å². The molecule has 1 aliphatic heterocycles. The molecule has 1 saturated heterocycles. The van der Waals surface area contributed by atoms with Crippen LogP contribution in [0, 0.1) is 5.92 Å². The van der Waals surface area contributed by atoms with Crippen molar-refractivity contribution < 1.29 is 4.79 Å². The topological polar surface area (TPSA) is 20.3 Å². The smallest absolute Gasteiger partial charge is 0.234 e. The first-order valence-corrected chi connectivity index (χ1v) is 7.17. The van der Waals surface area contributed by atoms with E-state index in [0.717, 1.165) is 11.1 Å². The molecule has 20 heavy (non-hydrogen) atoms. The molecule has 1 amide bonds. The molecule has 0 unspecified atom stereocenters. The van der Waals surface area contributed by atoms with Crippen molar-refractivity contribution in [3.8, 4) is 0 Å². The Balaban J connectivity index is 1.79. The molecule has 0 saturated carbocycles. The van der Waals surface area contributed by atoms with Crippen molar-refractivity contribution in [2.75, 3.05) is 6.54 Å². The number of allylic oxidation sites excluding steroid dienone is 4. The first-order chi connectivity index (χ1) is 9.63. The lowest BCUT2D eigenvalue weighted by molar-refractivity contribution is -0.130. The number of halogens is 2. The van der Waals surface area contributed by atoms with Crippen LogP contribution in [0.3, 0.4) is 0 Å². The second kappa shape index (κ2) is 5.47. The summed E-state index contributed by atoms with van der Waals surface area (Å²) in [6.07, 6.45) is 7.46. The zero-order valence-corrected chi connectivity index (χ0v) is 12.2. The third-order valence-corrected chi connectivity index (χ3v) is 4.05. The van der Waals surface area contributed by atoms with Gasteiger partial charge in [0, 0.05) is 23.1 Å². The summed E-state index contributed by atoms with van der Waals surface area (Å²) in [5.41, 5.74) is 2.17. The van der Waals surface area contributed by atoms with E-state index in [0.29, 0.717) is 23.1 Å². The molecule has 1 aromatic rings. The van der Waals surface area contributed by atoms with E-state index in [1.807, 2.05) is 47.4 Å². The number of carbonyl (C=O) groups is 1. The predicted octanol–water partition coefficient (Wildman–Crippen LogP) is 3.92. The fourth-order valence-corrected chi connectivity index (χ4v) is 2.75. The molecular weight excluding hydrogens is 293 g/mol. The van der Waals surface area contributed by atoms with E-state index in [1.54, 1.807) is 6.08 Å². The summed E-state index contributed by atoms with van der Waals surface area (Å²) >= 11 is 11.8. The summed E-state index contributed by atoms with van der Waals surface area (Å²) in [5, 5.41) is 1.36. The van der Waals surface area contributed by atoms with Gasteiger partial charge in [-0.25, -0.2) is 0 Å². The number of rotatable bonds is 2. The maximum absolute atomic E-state index is 12.4. The van der Waals surface area contributed by atoms with Crippen molar-refractivity contribution in [1.29, 1.82) is 0 Å². The Bertz CT molecular complexity index is 628. The van der Waals surface area contributed by atoms with E-state index in [-0.39, 0.29) is 11.8 Å². The minimum atomic E-state index is -0.171. The summed E-state index contributed by atoms with van der Waals surface area (Å²) in [4.78, 5) is 14.3. The van der Waals surface area contributed by atoms with Gasteiger partial charge < -0.3 is 4.90 Å². The lowest BCUT2D eigenvalue weighted by Crippen LogP contribution is -2.26. The summed E-state index contributed by atoms with van der Waals surface area (Å²) in [7, 11) is 0. The van der Waals surface area contributed by atoms with E-state index >= 15 is 0 Å². The van der Waals surface area contributed by atoms with Crippen LogP contribution in [0.1, 0.15) is 5.56 Å². The SMILES string of the molecule is O=C1[C@H]2C=CC(Cl)=CC=C2CN1Cc1ccc(Cl)cc1. The highest BCUT2D eigenvalue weighted by molar-refractivity contribution is 6.31. The van der Waals surface area contributed by atoms with E-state index in [9.17, 15) is 4.79 Å². The van der Waals surface area contributed by atoms with Crippen LogP contribution in [-0.2, 0) is 11.3 Å². The number of hydrogen-bond acceptors (Lipinski definition) is 1. The monoisotopic (exact) mass is 305 g/mol. The van der Waals surface area contributed by atoms with Crippen LogP contribution in [0.15, 0.2) is 59.2 Å². The van der Waals surface area contributed by atoms with E-state index < -0.39 is 0 Å². The van der Waals surface area contributed by atoms with Crippen molar-refractivity contribution in [1.82, 2.24) is 4.90 Å². The maximum Gasteiger partial charge on any atom is 0.234 e. The Labute approximate surface area is 128 Å². The Morgan fingerprint density at radius 2 is 1.90 bits per heavy atom. The van der Waals surface area contributed by atoms with Gasteiger partial charge in [-0.3, -0.25) is 4.79 Å². The first-order valence-electron chi connectivity index (χ1n) is 6.41. The molecule has 0 aromatic heterocycles. The molecule has 0 spiro atoms. The summed E-state index contributed by atoms with van der Waals surface area (Å²) in [6.45, 7) is 1.26. The van der Waals surface area contributed by atoms with Gasteiger partial charge in [-0.05, 0) is 35.4 Å². The summed E-state index contributed by atoms with van der Waals surface area (Å²) in [6, 6.07) is 7.59. The quantitative estimate of drug-likeness (QED) is 0.811. The number of fused-ring (bicyclic) bond motifs is 1. The number of likely N-dealkylation sites (tertiary alicyclic amines) is 1. The van der Waals surface area contributed by atoms with Crippen LogP contribution in [0.5, 0.6) is 0 Å². The lowest BCUT2D eigenvalue weighted by Gasteiger charge is -2.15. The second-order valence-electron chi connectivity index (χ2n) is 4.95. The third kappa shape index (κ3) is 2.67. The van der Waals surface area contributed by atoms with Gasteiger partial charge in [-0.1, -0.05) is 47.5 Å². The molecule has 0 bridgehead atoms. The third-order valence-electron chi connectivity index (χ3n) is 3.54. The van der Waals surface area contributed by atoms with Crippen LogP contribution >= 0.6 is 23.2 Å². The highest BCUT2D eigenvalue weighted by atomic mass is 35.5. The molecule has 4 heteroatoms. The van der Waals surface area contributed by atoms with Crippen molar-refractivity contribution in [2.45, 2.75) is 6.54 Å². The van der Waals surface area contributed by atoms with Gasteiger partial charge in [0.25, 0.3) is 0 Å². The largest absolute Gasteiger partial charge is 0.334 e. The predicted molar refractivity (Wildman–Crippen MR) is 81.5 cm³/mol. The molecule has 1 aromatic carbocycles. The number of amides is 1. The van der Waals surface area contributed by atoms with E-state index in [4.69, 9.17) is 23.2 Å². The first kappa shape index (κ1) is 13.5. The van der Waals surface area contributed by atoms with Gasteiger partial charge >= 0.3 is 0 Å². The fourth-order valence-electron chi connectivity index (χ4n) is 2.49. The molecule has 2 nitrogen and oxygen atoms in total. The molecule has 102 valence electrons. The van der Waals surface area contributed by atoms with E-state index in [1.165, 1.54) is 0 Å². The number of benzene rings is 1. The molecule has 2 aliphatic rings. The minimum absolute atomic E-state index is 0.127. The maximum atomic E-state index is 12.4. The zero-order valence-electron chi connectivity index (χ0n) is 10.7. The van der Waals surface area contributed by atoms with Crippen LogP contribution in [0.2, 0.25) is 5.02 Å². The minimum Gasteiger partial charge on any atom is -0.334 e. The van der Waals surface area contributed by atoms with Crippen molar-refractivity contribution >= 4 is 29.1 Å². The zero-order chi connectivity index (χ0) is 14.1. The van der Waals surface area contributed by atoms with Crippen molar-refractivity contribution in [2.24, 2.45) is 5.92 Å². The Morgan fingerprint density at radius 1 is 1.15 bits per heavy atom. The second-order valence-corrected chi connectivity index (χ2v) is 5.82. The summed E-state index contributed by atoms with van der Waals surface area (Å²) in [5.74, 6) is -0.0444. The number of nitrogens with zero attached hydrogens (tertiary/aromatic N) is 1. The fraction of sp³-hybridized carbons (Fsp3) is 0.188. The number of hydrogen-bond donors (Lipinski definition) is 0. The van der Waals surface area contributed by atoms with Crippen LogP contribution in [0.4, 0.5) is 0 Å². The number of carbonyl (C=O) groups excluding carboxylic acids is 1. The van der Waals surface area contributed by atoms with Gasteiger partial charge in [0.05, 0.1) is 5.92 Å². The van der Waals surface area contributed by atoms with Crippen molar-refractivity contribution in [3.63, 3.8) is 0 Å². The summed E-state index contributed by atoms with van der Waals surface area (Å²) < 4.78 is 0. The molecule has 1 atom stereocenters.